The van der Waals surface area contributed by atoms with Crippen LogP contribution in [0.3, 0.4) is 0 Å². The molecular formula is C10H8F2N2O2S. The van der Waals surface area contributed by atoms with Gasteiger partial charge in [-0.3, -0.25) is 0 Å². The van der Waals surface area contributed by atoms with E-state index in [1.54, 1.807) is 12.1 Å². The summed E-state index contributed by atoms with van der Waals surface area (Å²) in [7, 11) is 0. The van der Waals surface area contributed by atoms with Crippen molar-refractivity contribution < 1.29 is 17.6 Å². The lowest BCUT2D eigenvalue weighted by Gasteiger charge is -1.90. The third kappa shape index (κ3) is 3.42. The van der Waals surface area contributed by atoms with Gasteiger partial charge < -0.3 is 8.83 Å². The molecule has 0 atom stereocenters. The highest BCUT2D eigenvalue weighted by molar-refractivity contribution is 7.99. The van der Waals surface area contributed by atoms with Crippen LogP contribution in [0.5, 0.6) is 0 Å². The van der Waals surface area contributed by atoms with Crippen LogP contribution in [0.15, 0.2) is 44.6 Å². The molecule has 2 heterocycles. The van der Waals surface area contributed by atoms with Crippen LogP contribution >= 0.6 is 11.8 Å². The largest absolute Gasteiger partial charge is 0.459 e. The van der Waals surface area contributed by atoms with Gasteiger partial charge in [0, 0.05) is 5.75 Å². The molecule has 0 amide bonds. The molecule has 0 aliphatic rings. The van der Waals surface area contributed by atoms with E-state index in [2.05, 4.69) is 10.2 Å². The SMILES string of the molecule is FC(F)=CCCSc1nnc(-c2ccco2)o1. The molecule has 0 N–H and O–H groups in total. The van der Waals surface area contributed by atoms with E-state index in [-0.39, 0.29) is 12.3 Å². The van der Waals surface area contributed by atoms with Crippen LogP contribution in [-0.2, 0) is 0 Å². The molecule has 0 aliphatic heterocycles. The quantitative estimate of drug-likeness (QED) is 0.606. The molecule has 2 aromatic heterocycles. The van der Waals surface area contributed by atoms with Crippen molar-refractivity contribution in [1.29, 1.82) is 0 Å². The number of allylic oxidation sites excluding steroid dienone is 1. The number of thioether (sulfide) groups is 1. The third-order valence-corrected chi connectivity index (χ3v) is 2.63. The van der Waals surface area contributed by atoms with E-state index in [4.69, 9.17) is 8.83 Å². The minimum Gasteiger partial charge on any atom is -0.459 e. The molecule has 0 fully saturated rings. The van der Waals surface area contributed by atoms with Gasteiger partial charge in [0.1, 0.15) is 0 Å². The van der Waals surface area contributed by atoms with Gasteiger partial charge in [-0.15, -0.1) is 10.2 Å². The smallest absolute Gasteiger partial charge is 0.284 e. The number of rotatable bonds is 5. The Bertz CT molecular complexity index is 492. The van der Waals surface area contributed by atoms with Crippen LogP contribution < -0.4 is 0 Å². The maximum atomic E-state index is 11.7. The Kier molecular flexibility index (Phi) is 3.92. The molecule has 2 aromatic rings. The molecule has 0 bridgehead atoms. The van der Waals surface area contributed by atoms with Gasteiger partial charge in [0.05, 0.1) is 6.26 Å². The number of aromatic nitrogens is 2. The maximum absolute atomic E-state index is 11.7. The van der Waals surface area contributed by atoms with E-state index in [9.17, 15) is 8.78 Å². The number of hydrogen-bond acceptors (Lipinski definition) is 5. The fourth-order valence-corrected chi connectivity index (χ4v) is 1.73. The summed E-state index contributed by atoms with van der Waals surface area (Å²) in [5.41, 5.74) is 0. The molecule has 0 aliphatic carbocycles. The minimum atomic E-state index is -1.67. The molecule has 4 nitrogen and oxygen atoms in total. The Morgan fingerprint density at radius 3 is 3.00 bits per heavy atom. The predicted molar refractivity (Wildman–Crippen MR) is 57.6 cm³/mol. The van der Waals surface area contributed by atoms with Gasteiger partial charge in [-0.25, -0.2) is 0 Å². The lowest BCUT2D eigenvalue weighted by Crippen LogP contribution is -1.77. The molecule has 0 radical (unpaired) electrons. The maximum Gasteiger partial charge on any atom is 0.284 e. The normalized spacial score (nSPS) is 10.5. The van der Waals surface area contributed by atoms with Crippen molar-refractivity contribution in [2.75, 3.05) is 5.75 Å². The molecule has 7 heteroatoms. The monoisotopic (exact) mass is 258 g/mol. The summed E-state index contributed by atoms with van der Waals surface area (Å²) in [5, 5.41) is 7.88. The van der Waals surface area contributed by atoms with Crippen LogP contribution in [0.25, 0.3) is 11.7 Å². The zero-order chi connectivity index (χ0) is 12.1. The Balaban J connectivity index is 1.89. The number of nitrogens with zero attached hydrogens (tertiary/aromatic N) is 2. The van der Waals surface area contributed by atoms with Crippen molar-refractivity contribution in [2.24, 2.45) is 0 Å². The van der Waals surface area contributed by atoms with E-state index in [1.807, 2.05) is 0 Å². The topological polar surface area (TPSA) is 52.1 Å². The standard InChI is InChI=1S/C10H8F2N2O2S/c11-8(12)4-2-6-17-10-14-13-9(16-10)7-3-1-5-15-7/h1,3-5H,2,6H2. The second-order valence-corrected chi connectivity index (χ2v) is 4.03. The first kappa shape index (κ1) is 11.8. The first-order chi connectivity index (χ1) is 8.25. The van der Waals surface area contributed by atoms with Crippen LogP contribution in [0, 0.1) is 0 Å². The van der Waals surface area contributed by atoms with E-state index < -0.39 is 6.08 Å². The Morgan fingerprint density at radius 2 is 2.29 bits per heavy atom. The highest BCUT2D eigenvalue weighted by Gasteiger charge is 2.10. The van der Waals surface area contributed by atoms with E-state index in [0.29, 0.717) is 16.7 Å². The van der Waals surface area contributed by atoms with E-state index >= 15 is 0 Å². The highest BCUT2D eigenvalue weighted by atomic mass is 32.2. The molecule has 0 unspecified atom stereocenters. The summed E-state index contributed by atoms with van der Waals surface area (Å²) in [6, 6.07) is 3.41. The minimum absolute atomic E-state index is 0.255. The van der Waals surface area contributed by atoms with Gasteiger partial charge in [-0.2, -0.15) is 8.78 Å². The zero-order valence-corrected chi connectivity index (χ0v) is 9.42. The Morgan fingerprint density at radius 1 is 1.41 bits per heavy atom. The van der Waals surface area contributed by atoms with Gasteiger partial charge in [-0.1, -0.05) is 11.8 Å². The Labute approximate surface area is 99.7 Å². The zero-order valence-electron chi connectivity index (χ0n) is 8.60. The predicted octanol–water partition coefficient (Wildman–Crippen LogP) is 3.59. The number of furan rings is 1. The van der Waals surface area contributed by atoms with Gasteiger partial charge in [0.2, 0.25) is 0 Å². The lowest BCUT2D eigenvalue weighted by molar-refractivity contribution is 0.418. The van der Waals surface area contributed by atoms with Gasteiger partial charge in [0.25, 0.3) is 17.2 Å². The lowest BCUT2D eigenvalue weighted by atomic mass is 10.5. The molecular weight excluding hydrogens is 250 g/mol. The average molecular weight is 258 g/mol. The summed E-state index contributed by atoms with van der Waals surface area (Å²) in [6.07, 6.45) is 0.941. The Hall–Kier alpha value is -1.63. The summed E-state index contributed by atoms with van der Waals surface area (Å²) < 4.78 is 33.8. The van der Waals surface area contributed by atoms with Crippen molar-refractivity contribution in [1.82, 2.24) is 10.2 Å². The molecule has 90 valence electrons. The fourth-order valence-electron chi connectivity index (χ4n) is 1.08. The molecule has 17 heavy (non-hydrogen) atoms. The van der Waals surface area contributed by atoms with Crippen molar-refractivity contribution in [2.45, 2.75) is 11.6 Å². The van der Waals surface area contributed by atoms with Crippen molar-refractivity contribution >= 4 is 11.8 Å². The first-order valence-electron chi connectivity index (χ1n) is 4.77. The molecule has 0 aromatic carbocycles. The highest BCUT2D eigenvalue weighted by Crippen LogP contribution is 2.23. The first-order valence-corrected chi connectivity index (χ1v) is 5.75. The summed E-state index contributed by atoms with van der Waals surface area (Å²) >= 11 is 1.22. The molecule has 0 spiro atoms. The van der Waals surface area contributed by atoms with Crippen molar-refractivity contribution in [3.05, 3.63) is 30.6 Å². The second kappa shape index (κ2) is 5.62. The van der Waals surface area contributed by atoms with Crippen molar-refractivity contribution in [3.63, 3.8) is 0 Å². The van der Waals surface area contributed by atoms with E-state index in [1.165, 1.54) is 18.0 Å². The van der Waals surface area contributed by atoms with Crippen molar-refractivity contribution in [3.8, 4) is 11.7 Å². The van der Waals surface area contributed by atoms with Crippen LogP contribution in [0.1, 0.15) is 6.42 Å². The second-order valence-electron chi connectivity index (χ2n) is 2.98. The van der Waals surface area contributed by atoms with E-state index in [0.717, 1.165) is 6.08 Å². The summed E-state index contributed by atoms with van der Waals surface area (Å²) in [5.74, 6) is 1.22. The summed E-state index contributed by atoms with van der Waals surface area (Å²) in [4.78, 5) is 0. The van der Waals surface area contributed by atoms with Gasteiger partial charge >= 0.3 is 0 Å². The molecule has 0 saturated heterocycles. The fraction of sp³-hybridized carbons (Fsp3) is 0.200. The molecule has 0 saturated carbocycles. The average Bonchev–Trinajstić information content (AvgIpc) is 2.94. The van der Waals surface area contributed by atoms with Gasteiger partial charge in [-0.05, 0) is 24.6 Å². The summed E-state index contributed by atoms with van der Waals surface area (Å²) in [6.45, 7) is 0. The number of halogens is 2. The van der Waals surface area contributed by atoms with Crippen LogP contribution in [-0.4, -0.2) is 16.0 Å². The van der Waals surface area contributed by atoms with Crippen LogP contribution in [0.4, 0.5) is 8.78 Å². The molecule has 2 rings (SSSR count). The third-order valence-electron chi connectivity index (χ3n) is 1.78. The van der Waals surface area contributed by atoms with Crippen LogP contribution in [0.2, 0.25) is 0 Å². The number of hydrogen-bond donors (Lipinski definition) is 0. The van der Waals surface area contributed by atoms with Gasteiger partial charge in [0.15, 0.2) is 5.76 Å².